The second kappa shape index (κ2) is 6.00. The third-order valence-electron chi connectivity index (χ3n) is 2.80. The normalized spacial score (nSPS) is 11.1. The minimum atomic E-state index is -3.76. The molecule has 1 aromatic carbocycles. The van der Waals surface area contributed by atoms with Gasteiger partial charge in [-0.3, -0.25) is 14.6 Å². The van der Waals surface area contributed by atoms with Crippen molar-refractivity contribution in [2.75, 3.05) is 0 Å². The van der Waals surface area contributed by atoms with Crippen LogP contribution in [0, 0.1) is 0 Å². The molecule has 5 N–H and O–H groups in total. The lowest BCUT2D eigenvalue weighted by atomic mass is 10.2. The number of benzene rings is 1. The largest absolute Gasteiger partial charge is 0.494 e. The number of aromatic amines is 1. The number of sulfonamides is 1. The predicted molar refractivity (Wildman–Crippen MR) is 77.7 cm³/mol. The third kappa shape index (κ3) is 3.93. The fraction of sp³-hybridized carbons (Fsp3) is 0.0769. The van der Waals surface area contributed by atoms with Crippen LogP contribution in [-0.2, 0) is 16.6 Å². The van der Waals surface area contributed by atoms with Gasteiger partial charge in [-0.2, -0.15) is 0 Å². The van der Waals surface area contributed by atoms with Crippen LogP contribution in [-0.4, -0.2) is 24.4 Å². The molecule has 0 saturated heterocycles. The first kappa shape index (κ1) is 15.7. The van der Waals surface area contributed by atoms with Crippen molar-refractivity contribution in [3.05, 3.63) is 57.9 Å². The maximum atomic E-state index is 11.9. The summed E-state index contributed by atoms with van der Waals surface area (Å²) in [5.41, 5.74) is 0.0693. The minimum Gasteiger partial charge on any atom is -0.494 e. The lowest BCUT2D eigenvalue weighted by molar-refractivity contribution is 0.0950. The molecule has 8 nitrogen and oxygen atoms in total. The van der Waals surface area contributed by atoms with Gasteiger partial charge in [-0.15, -0.1) is 0 Å². The van der Waals surface area contributed by atoms with Crippen molar-refractivity contribution in [1.82, 2.24) is 10.3 Å². The number of nitrogens with one attached hydrogen (secondary N) is 2. The standard InChI is InChI=1S/C13H13N3O5S/c14-22(20,21)10-3-1-8(2-4-10)7-15-13(19)9-5-11(17)16-12(18)6-9/h1-6H,7H2,(H,15,19)(H2,14,20,21)(H2,16,17,18). The molecule has 1 heterocycles. The van der Waals surface area contributed by atoms with Crippen molar-refractivity contribution in [2.24, 2.45) is 5.14 Å². The van der Waals surface area contributed by atoms with Gasteiger partial charge >= 0.3 is 0 Å². The van der Waals surface area contributed by atoms with E-state index in [-0.39, 0.29) is 17.0 Å². The summed E-state index contributed by atoms with van der Waals surface area (Å²) in [5.74, 6) is -0.952. The molecule has 0 unspecified atom stereocenters. The van der Waals surface area contributed by atoms with E-state index in [1.807, 2.05) is 0 Å². The predicted octanol–water partition coefficient (Wildman–Crippen LogP) is -0.342. The van der Waals surface area contributed by atoms with Crippen LogP contribution in [0.1, 0.15) is 15.9 Å². The zero-order valence-electron chi connectivity index (χ0n) is 11.2. The first-order chi connectivity index (χ1) is 10.3. The molecule has 1 aromatic heterocycles. The van der Waals surface area contributed by atoms with E-state index in [2.05, 4.69) is 10.3 Å². The van der Waals surface area contributed by atoms with Crippen molar-refractivity contribution >= 4 is 15.9 Å². The number of H-pyrrole nitrogens is 1. The maximum absolute atomic E-state index is 11.9. The van der Waals surface area contributed by atoms with Gasteiger partial charge in [0.1, 0.15) is 0 Å². The Morgan fingerprint density at radius 3 is 2.41 bits per heavy atom. The summed E-state index contributed by atoms with van der Waals surface area (Å²) in [4.78, 5) is 25.1. The van der Waals surface area contributed by atoms with Crippen molar-refractivity contribution in [3.63, 3.8) is 0 Å². The van der Waals surface area contributed by atoms with E-state index < -0.39 is 27.4 Å². The fourth-order valence-electron chi connectivity index (χ4n) is 1.74. The van der Waals surface area contributed by atoms with Crippen molar-refractivity contribution in [2.45, 2.75) is 11.4 Å². The molecular formula is C13H13N3O5S. The van der Waals surface area contributed by atoms with E-state index in [0.29, 0.717) is 5.56 Å². The summed E-state index contributed by atoms with van der Waals surface area (Å²) in [6, 6.07) is 7.86. The van der Waals surface area contributed by atoms with E-state index in [4.69, 9.17) is 5.14 Å². The molecular weight excluding hydrogens is 310 g/mol. The zero-order valence-corrected chi connectivity index (χ0v) is 12.1. The molecule has 0 bridgehead atoms. The average molecular weight is 323 g/mol. The molecule has 116 valence electrons. The highest BCUT2D eigenvalue weighted by Gasteiger charge is 2.09. The Morgan fingerprint density at radius 2 is 1.86 bits per heavy atom. The van der Waals surface area contributed by atoms with Crippen molar-refractivity contribution in [3.8, 4) is 5.88 Å². The Balaban J connectivity index is 2.06. The van der Waals surface area contributed by atoms with Crippen LogP contribution >= 0.6 is 0 Å². The molecule has 22 heavy (non-hydrogen) atoms. The quantitative estimate of drug-likeness (QED) is 0.608. The van der Waals surface area contributed by atoms with E-state index >= 15 is 0 Å². The van der Waals surface area contributed by atoms with Crippen LogP contribution in [0.2, 0.25) is 0 Å². The highest BCUT2D eigenvalue weighted by Crippen LogP contribution is 2.09. The molecule has 0 aliphatic rings. The Hall–Kier alpha value is -2.65. The number of rotatable bonds is 4. The number of nitrogens with two attached hydrogens (primary N) is 1. The number of aromatic nitrogens is 1. The molecule has 0 radical (unpaired) electrons. The van der Waals surface area contributed by atoms with Crippen LogP contribution in [0.25, 0.3) is 0 Å². The first-order valence-corrected chi connectivity index (χ1v) is 7.63. The molecule has 2 aromatic rings. The van der Waals surface area contributed by atoms with Gasteiger partial charge in [0.2, 0.25) is 10.0 Å². The molecule has 9 heteroatoms. The Kier molecular flexibility index (Phi) is 4.29. The van der Waals surface area contributed by atoms with E-state index in [1.54, 1.807) is 0 Å². The SMILES string of the molecule is NS(=O)(=O)c1ccc(CNC(=O)c2cc(O)[nH]c(=O)c2)cc1. The van der Waals surface area contributed by atoms with E-state index in [9.17, 15) is 23.1 Å². The zero-order chi connectivity index (χ0) is 16.3. The highest BCUT2D eigenvalue weighted by molar-refractivity contribution is 7.89. The summed E-state index contributed by atoms with van der Waals surface area (Å²) < 4.78 is 22.2. The summed E-state index contributed by atoms with van der Waals surface area (Å²) in [6.07, 6.45) is 0. The molecule has 2 rings (SSSR count). The molecule has 1 amide bonds. The van der Waals surface area contributed by atoms with E-state index in [1.165, 1.54) is 24.3 Å². The summed E-state index contributed by atoms with van der Waals surface area (Å²) in [5, 5.41) is 16.8. The third-order valence-corrected chi connectivity index (χ3v) is 3.73. The molecule has 0 aliphatic heterocycles. The minimum absolute atomic E-state index is 0.0161. The summed E-state index contributed by atoms with van der Waals surface area (Å²) in [7, 11) is -3.76. The van der Waals surface area contributed by atoms with Crippen molar-refractivity contribution in [1.29, 1.82) is 0 Å². The number of hydrogen-bond donors (Lipinski definition) is 4. The van der Waals surface area contributed by atoms with Crippen molar-refractivity contribution < 1.29 is 18.3 Å². The number of carbonyl (C=O) groups excluding carboxylic acids is 1. The van der Waals surface area contributed by atoms with Gasteiger partial charge in [0.05, 0.1) is 10.5 Å². The Bertz CT molecular complexity index is 856. The fourth-order valence-corrected chi connectivity index (χ4v) is 2.26. The second-order valence-corrected chi connectivity index (χ2v) is 6.05. The number of amides is 1. The van der Waals surface area contributed by atoms with E-state index in [0.717, 1.165) is 12.1 Å². The smallest absolute Gasteiger partial charge is 0.251 e. The van der Waals surface area contributed by atoms with Crippen LogP contribution in [0.5, 0.6) is 5.88 Å². The van der Waals surface area contributed by atoms with Gasteiger partial charge in [0.25, 0.3) is 11.5 Å². The number of aromatic hydroxyl groups is 1. The number of primary sulfonamides is 1. The molecule has 0 fully saturated rings. The van der Waals surface area contributed by atoms with Gasteiger partial charge in [-0.25, -0.2) is 13.6 Å². The van der Waals surface area contributed by atoms with Gasteiger partial charge < -0.3 is 10.4 Å². The van der Waals surface area contributed by atoms with Crippen LogP contribution in [0.15, 0.2) is 46.1 Å². The van der Waals surface area contributed by atoms with Gasteiger partial charge in [-0.1, -0.05) is 12.1 Å². The summed E-state index contributed by atoms with van der Waals surface area (Å²) in [6.45, 7) is 0.122. The van der Waals surface area contributed by atoms with Gasteiger partial charge in [0, 0.05) is 18.7 Å². The maximum Gasteiger partial charge on any atom is 0.251 e. The Morgan fingerprint density at radius 1 is 1.23 bits per heavy atom. The highest BCUT2D eigenvalue weighted by atomic mass is 32.2. The number of carbonyl (C=O) groups is 1. The number of hydrogen-bond acceptors (Lipinski definition) is 5. The Labute approximate surface area is 125 Å². The topological polar surface area (TPSA) is 142 Å². The van der Waals surface area contributed by atoms with Gasteiger partial charge in [-0.05, 0) is 17.7 Å². The monoisotopic (exact) mass is 323 g/mol. The molecule has 0 spiro atoms. The van der Waals surface area contributed by atoms with Crippen LogP contribution in [0.4, 0.5) is 0 Å². The number of pyridine rings is 1. The average Bonchev–Trinajstić information content (AvgIpc) is 2.43. The lowest BCUT2D eigenvalue weighted by Crippen LogP contribution is -2.24. The molecule has 0 atom stereocenters. The van der Waals surface area contributed by atoms with Crippen LogP contribution in [0.3, 0.4) is 0 Å². The molecule has 0 saturated carbocycles. The molecule has 0 aliphatic carbocycles. The summed E-state index contributed by atoms with van der Waals surface area (Å²) >= 11 is 0. The second-order valence-electron chi connectivity index (χ2n) is 4.49. The lowest BCUT2D eigenvalue weighted by Gasteiger charge is -2.06. The van der Waals surface area contributed by atoms with Gasteiger partial charge in [0.15, 0.2) is 5.88 Å². The first-order valence-electron chi connectivity index (χ1n) is 6.09. The van der Waals surface area contributed by atoms with Crippen LogP contribution < -0.4 is 16.0 Å².